The lowest BCUT2D eigenvalue weighted by atomic mass is 10.1. The smallest absolute Gasteiger partial charge is 0.269 e. The van der Waals surface area contributed by atoms with Gasteiger partial charge in [0.25, 0.3) is 27.7 Å². The third-order valence-corrected chi connectivity index (χ3v) is 6.46. The molecule has 0 aliphatic carbocycles. The molecule has 0 unspecified atom stereocenters. The maximum Gasteiger partial charge on any atom is 0.269 e. The molecular weight excluding hydrogens is 503 g/mol. The second-order valence-electron chi connectivity index (χ2n) is 7.77. The number of carbonyl (C=O) groups excluding carboxylic acids is 3. The van der Waals surface area contributed by atoms with Crippen LogP contribution in [-0.2, 0) is 21.2 Å². The summed E-state index contributed by atoms with van der Waals surface area (Å²) in [5, 5.41) is 5.28. The molecule has 10 nitrogen and oxygen atoms in total. The number of rotatable bonds is 11. The molecule has 0 saturated carbocycles. The third kappa shape index (κ3) is 7.92. The van der Waals surface area contributed by atoms with E-state index in [1.807, 2.05) is 4.72 Å². The van der Waals surface area contributed by atoms with E-state index in [-0.39, 0.29) is 34.1 Å². The molecule has 0 fully saturated rings. The summed E-state index contributed by atoms with van der Waals surface area (Å²) in [6.45, 7) is 0.920. The predicted octanol–water partition coefficient (Wildman–Crippen LogP) is 1.69. The van der Waals surface area contributed by atoms with Crippen molar-refractivity contribution in [2.75, 3.05) is 26.8 Å². The van der Waals surface area contributed by atoms with Gasteiger partial charge in [-0.05, 0) is 60.5 Å². The Balaban J connectivity index is 1.55. The molecule has 3 amide bonds. The lowest BCUT2D eigenvalue weighted by Gasteiger charge is -2.09. The van der Waals surface area contributed by atoms with E-state index in [0.29, 0.717) is 19.6 Å². The molecule has 3 aromatic rings. The number of sulfonamides is 1. The minimum atomic E-state index is -4.23. The zero-order valence-electron chi connectivity index (χ0n) is 19.9. The van der Waals surface area contributed by atoms with E-state index in [4.69, 9.17) is 4.74 Å². The fourth-order valence-electron chi connectivity index (χ4n) is 3.12. The van der Waals surface area contributed by atoms with E-state index in [2.05, 4.69) is 15.6 Å². The Kier molecular flexibility index (Phi) is 9.41. The highest BCUT2D eigenvalue weighted by Crippen LogP contribution is 2.12. The number of hydrogen-bond donors (Lipinski definition) is 3. The minimum Gasteiger partial charge on any atom is -0.383 e. The van der Waals surface area contributed by atoms with E-state index in [1.54, 1.807) is 12.1 Å². The number of benzene rings is 2. The van der Waals surface area contributed by atoms with Gasteiger partial charge in [-0.1, -0.05) is 12.1 Å². The van der Waals surface area contributed by atoms with Gasteiger partial charge in [-0.25, -0.2) is 17.5 Å². The van der Waals surface area contributed by atoms with Crippen LogP contribution in [0.2, 0.25) is 0 Å². The van der Waals surface area contributed by atoms with Crippen LogP contribution >= 0.6 is 0 Å². The molecule has 2 aromatic carbocycles. The number of pyridine rings is 1. The normalized spacial score (nSPS) is 11.0. The minimum absolute atomic E-state index is 0.0574. The Bertz CT molecular complexity index is 1350. The first kappa shape index (κ1) is 27.4. The molecule has 0 bridgehead atoms. The maximum absolute atomic E-state index is 13.0. The number of methoxy groups -OCH3 is 1. The Hall–Kier alpha value is -4.16. The summed E-state index contributed by atoms with van der Waals surface area (Å²) in [7, 11) is -2.73. The highest BCUT2D eigenvalue weighted by Gasteiger charge is 2.20. The van der Waals surface area contributed by atoms with Gasteiger partial charge >= 0.3 is 0 Å². The first-order valence-electron chi connectivity index (χ1n) is 11.1. The molecule has 3 N–H and O–H groups in total. The van der Waals surface area contributed by atoms with Crippen LogP contribution in [0, 0.1) is 5.82 Å². The van der Waals surface area contributed by atoms with Crippen molar-refractivity contribution in [2.45, 2.75) is 11.3 Å². The van der Waals surface area contributed by atoms with Crippen molar-refractivity contribution in [1.29, 1.82) is 0 Å². The van der Waals surface area contributed by atoms with Crippen LogP contribution in [0.25, 0.3) is 0 Å². The van der Waals surface area contributed by atoms with Gasteiger partial charge in [-0.3, -0.25) is 19.4 Å². The van der Waals surface area contributed by atoms with Crippen LogP contribution < -0.4 is 15.4 Å². The number of amides is 3. The summed E-state index contributed by atoms with van der Waals surface area (Å²) in [5.74, 6) is -2.14. The maximum atomic E-state index is 13.0. The third-order valence-electron chi connectivity index (χ3n) is 5.12. The molecule has 3 rings (SSSR count). The van der Waals surface area contributed by atoms with E-state index >= 15 is 0 Å². The number of nitrogens with zero attached hydrogens (tertiary/aromatic N) is 1. The zero-order chi connectivity index (χ0) is 26.8. The molecule has 0 aliphatic rings. The Labute approximate surface area is 213 Å². The van der Waals surface area contributed by atoms with Gasteiger partial charge in [-0.15, -0.1) is 0 Å². The van der Waals surface area contributed by atoms with Gasteiger partial charge in [0.15, 0.2) is 0 Å². The molecule has 0 aliphatic heterocycles. The van der Waals surface area contributed by atoms with Gasteiger partial charge in [0.1, 0.15) is 11.5 Å². The van der Waals surface area contributed by atoms with E-state index < -0.39 is 27.7 Å². The van der Waals surface area contributed by atoms with Gasteiger partial charge in [0, 0.05) is 32.0 Å². The molecule has 194 valence electrons. The predicted molar refractivity (Wildman–Crippen MR) is 132 cm³/mol. The highest BCUT2D eigenvalue weighted by molar-refractivity contribution is 7.90. The number of ether oxygens (including phenoxy) is 1. The van der Waals surface area contributed by atoms with Gasteiger partial charge in [-0.2, -0.15) is 0 Å². The van der Waals surface area contributed by atoms with Crippen LogP contribution in [0.3, 0.4) is 0 Å². The molecule has 0 atom stereocenters. The first-order chi connectivity index (χ1) is 17.7. The second kappa shape index (κ2) is 12.7. The summed E-state index contributed by atoms with van der Waals surface area (Å²) >= 11 is 0. The average Bonchev–Trinajstić information content (AvgIpc) is 2.89. The largest absolute Gasteiger partial charge is 0.383 e. The number of aromatic nitrogens is 1. The molecule has 1 heterocycles. The summed E-state index contributed by atoms with van der Waals surface area (Å²) in [6, 6.07) is 13.6. The van der Waals surface area contributed by atoms with Crippen LogP contribution in [0.15, 0.2) is 71.8 Å². The number of hydrogen-bond acceptors (Lipinski definition) is 7. The Morgan fingerprint density at radius 2 is 1.49 bits per heavy atom. The standard InChI is InChI=1S/C25H25FN4O6S/c1-36-15-14-28-25(33)22-11-6-19(16-29-22)24(32)30-37(34,35)21-9-4-18(5-10-21)23(31)27-13-12-17-2-7-20(26)8-3-17/h2-11,16H,12-15H2,1H3,(H,27,31)(H,28,33)(H,30,32). The van der Waals surface area contributed by atoms with Gasteiger partial charge in [0.2, 0.25) is 0 Å². The molecule has 12 heteroatoms. The Morgan fingerprint density at radius 1 is 0.838 bits per heavy atom. The molecule has 37 heavy (non-hydrogen) atoms. The fourth-order valence-corrected chi connectivity index (χ4v) is 4.09. The molecule has 1 aromatic heterocycles. The van der Waals surface area contributed by atoms with Crippen molar-refractivity contribution >= 4 is 27.7 Å². The van der Waals surface area contributed by atoms with Crippen LogP contribution in [0.5, 0.6) is 0 Å². The van der Waals surface area contributed by atoms with Crippen molar-refractivity contribution in [3.8, 4) is 0 Å². The van der Waals surface area contributed by atoms with E-state index in [9.17, 15) is 27.2 Å². The van der Waals surface area contributed by atoms with Crippen molar-refractivity contribution in [1.82, 2.24) is 20.3 Å². The number of nitrogens with one attached hydrogen (secondary N) is 3. The summed E-state index contributed by atoms with van der Waals surface area (Å²) in [6.07, 6.45) is 1.59. The van der Waals surface area contributed by atoms with Crippen molar-refractivity contribution in [3.63, 3.8) is 0 Å². The second-order valence-corrected chi connectivity index (χ2v) is 9.45. The summed E-state index contributed by atoms with van der Waals surface area (Å²) in [5.41, 5.74) is 1.08. The van der Waals surface area contributed by atoms with Crippen molar-refractivity contribution in [3.05, 3.63) is 95.1 Å². The van der Waals surface area contributed by atoms with Gasteiger partial charge in [0.05, 0.1) is 17.1 Å². The lowest BCUT2D eigenvalue weighted by Crippen LogP contribution is -2.31. The van der Waals surface area contributed by atoms with Gasteiger partial charge < -0.3 is 15.4 Å². The van der Waals surface area contributed by atoms with Crippen LogP contribution in [0.1, 0.15) is 36.8 Å². The Morgan fingerprint density at radius 3 is 2.11 bits per heavy atom. The number of halogens is 1. The monoisotopic (exact) mass is 528 g/mol. The van der Waals surface area contributed by atoms with Crippen LogP contribution in [0.4, 0.5) is 4.39 Å². The SMILES string of the molecule is COCCNC(=O)c1ccc(C(=O)NS(=O)(=O)c2ccc(C(=O)NCCc3ccc(F)cc3)cc2)cn1. The molecular formula is C25H25FN4O6S. The topological polar surface area (TPSA) is 144 Å². The summed E-state index contributed by atoms with van der Waals surface area (Å²) in [4.78, 5) is 40.4. The fraction of sp³-hybridized carbons (Fsp3) is 0.200. The van der Waals surface area contributed by atoms with Crippen LogP contribution in [-0.4, -0.2) is 57.9 Å². The van der Waals surface area contributed by atoms with E-state index in [1.165, 1.54) is 55.6 Å². The van der Waals surface area contributed by atoms with E-state index in [0.717, 1.165) is 11.8 Å². The first-order valence-corrected chi connectivity index (χ1v) is 12.6. The molecule has 0 radical (unpaired) electrons. The highest BCUT2D eigenvalue weighted by atomic mass is 32.2. The zero-order valence-corrected chi connectivity index (χ0v) is 20.7. The van der Waals surface area contributed by atoms with Crippen molar-refractivity contribution in [2.24, 2.45) is 0 Å². The average molecular weight is 529 g/mol. The molecule has 0 spiro atoms. The quantitative estimate of drug-likeness (QED) is 0.321. The molecule has 0 saturated heterocycles. The summed E-state index contributed by atoms with van der Waals surface area (Å²) < 4.78 is 45.0. The lowest BCUT2D eigenvalue weighted by molar-refractivity contribution is 0.0927. The van der Waals surface area contributed by atoms with Crippen molar-refractivity contribution < 1.29 is 31.9 Å². The number of carbonyl (C=O) groups is 3.